The minimum absolute atomic E-state index is 0.0407. The van der Waals surface area contributed by atoms with E-state index in [1.807, 2.05) is 37.3 Å². The first-order valence-electron chi connectivity index (χ1n) is 6.86. The fraction of sp³-hybridized carbons (Fsp3) is 0.353. The van der Waals surface area contributed by atoms with Gasteiger partial charge in [0.05, 0.1) is 0 Å². The van der Waals surface area contributed by atoms with Gasteiger partial charge in [0.1, 0.15) is 0 Å². The number of carbonyl (C=O) groups excluding carboxylic acids is 1. The van der Waals surface area contributed by atoms with Gasteiger partial charge < -0.3 is 5.32 Å². The monoisotopic (exact) mass is 255 g/mol. The molecule has 1 atom stereocenters. The average molecular weight is 255 g/mol. The second kappa shape index (κ2) is 5.87. The third-order valence-corrected chi connectivity index (χ3v) is 3.32. The molecule has 100 valence electrons. The van der Waals surface area contributed by atoms with E-state index in [1.165, 1.54) is 0 Å². The van der Waals surface area contributed by atoms with Gasteiger partial charge in [0, 0.05) is 17.0 Å². The molecule has 2 heteroatoms. The number of amides is 1. The minimum Gasteiger partial charge on any atom is -0.325 e. The molecule has 2 aromatic rings. The number of hydrogen-bond donors (Lipinski definition) is 1. The van der Waals surface area contributed by atoms with Crippen molar-refractivity contribution < 1.29 is 4.79 Å². The number of benzene rings is 2. The Morgan fingerprint density at radius 2 is 1.74 bits per heavy atom. The predicted molar refractivity (Wildman–Crippen MR) is 81.2 cm³/mol. The smallest absolute Gasteiger partial charge is 0.227 e. The van der Waals surface area contributed by atoms with Crippen LogP contribution >= 0.6 is 0 Å². The minimum atomic E-state index is 0.0407. The van der Waals surface area contributed by atoms with E-state index >= 15 is 0 Å². The number of hydrogen-bond acceptors (Lipinski definition) is 1. The zero-order chi connectivity index (χ0) is 13.8. The van der Waals surface area contributed by atoms with Gasteiger partial charge in [-0.3, -0.25) is 4.79 Å². The zero-order valence-corrected chi connectivity index (χ0v) is 11.8. The van der Waals surface area contributed by atoms with E-state index in [9.17, 15) is 4.79 Å². The maximum absolute atomic E-state index is 12.2. The highest BCUT2D eigenvalue weighted by atomic mass is 16.1. The van der Waals surface area contributed by atoms with Crippen LogP contribution in [0.25, 0.3) is 10.8 Å². The molecule has 0 aliphatic rings. The lowest BCUT2D eigenvalue weighted by molar-refractivity contribution is -0.119. The van der Waals surface area contributed by atoms with E-state index in [0.717, 1.165) is 22.9 Å². The third-order valence-electron chi connectivity index (χ3n) is 3.32. The summed E-state index contributed by atoms with van der Waals surface area (Å²) in [4.78, 5) is 12.2. The summed E-state index contributed by atoms with van der Waals surface area (Å²) in [7, 11) is 0. The van der Waals surface area contributed by atoms with Gasteiger partial charge in [0.15, 0.2) is 0 Å². The van der Waals surface area contributed by atoms with Crippen LogP contribution in [0.3, 0.4) is 0 Å². The van der Waals surface area contributed by atoms with Gasteiger partial charge in [0.25, 0.3) is 0 Å². The fourth-order valence-corrected chi connectivity index (χ4v) is 2.40. The summed E-state index contributed by atoms with van der Waals surface area (Å²) >= 11 is 0. The standard InChI is InChI=1S/C17H21NO/c1-12(2)11-13(3)17(19)18-16-10-6-8-14-7-4-5-9-15(14)16/h4-10,12-13H,11H2,1-3H3,(H,18,19)/t13-/m0/s1. The maximum atomic E-state index is 12.2. The van der Waals surface area contributed by atoms with Crippen molar-refractivity contribution in [2.75, 3.05) is 5.32 Å². The summed E-state index contributed by atoms with van der Waals surface area (Å²) in [5, 5.41) is 5.29. The van der Waals surface area contributed by atoms with Gasteiger partial charge in [-0.25, -0.2) is 0 Å². The Balaban J connectivity index is 2.19. The Hall–Kier alpha value is -1.83. The Morgan fingerprint density at radius 1 is 1.05 bits per heavy atom. The molecule has 0 aliphatic carbocycles. The van der Waals surface area contributed by atoms with Crippen molar-refractivity contribution in [3.8, 4) is 0 Å². The van der Waals surface area contributed by atoms with E-state index < -0.39 is 0 Å². The Kier molecular flexibility index (Phi) is 4.20. The van der Waals surface area contributed by atoms with E-state index in [0.29, 0.717) is 5.92 Å². The van der Waals surface area contributed by atoms with Gasteiger partial charge >= 0.3 is 0 Å². The zero-order valence-electron chi connectivity index (χ0n) is 11.8. The SMILES string of the molecule is CC(C)C[C@H](C)C(=O)Nc1cccc2ccccc12. The summed E-state index contributed by atoms with van der Waals surface area (Å²) in [5.74, 6) is 0.678. The lowest BCUT2D eigenvalue weighted by Crippen LogP contribution is -2.21. The van der Waals surface area contributed by atoms with Gasteiger partial charge in [0.2, 0.25) is 5.91 Å². The van der Waals surface area contributed by atoms with Crippen LogP contribution in [0.1, 0.15) is 27.2 Å². The van der Waals surface area contributed by atoms with E-state index in [1.54, 1.807) is 0 Å². The van der Waals surface area contributed by atoms with Gasteiger partial charge in [-0.15, -0.1) is 0 Å². The first kappa shape index (κ1) is 13.6. The summed E-state index contributed by atoms with van der Waals surface area (Å²) in [6.45, 7) is 6.27. The number of rotatable bonds is 4. The van der Waals surface area contributed by atoms with E-state index in [4.69, 9.17) is 0 Å². The molecule has 0 heterocycles. The van der Waals surface area contributed by atoms with Crippen molar-refractivity contribution in [3.63, 3.8) is 0 Å². The molecule has 2 aromatic carbocycles. The summed E-state index contributed by atoms with van der Waals surface area (Å²) in [6.07, 6.45) is 0.913. The van der Waals surface area contributed by atoms with Crippen LogP contribution in [-0.2, 0) is 4.79 Å². The molecule has 0 saturated heterocycles. The Labute approximate surface area is 114 Å². The van der Waals surface area contributed by atoms with Crippen LogP contribution in [0.4, 0.5) is 5.69 Å². The first-order valence-corrected chi connectivity index (χ1v) is 6.86. The van der Waals surface area contributed by atoms with Crippen LogP contribution < -0.4 is 5.32 Å². The number of carbonyl (C=O) groups is 1. The fourth-order valence-electron chi connectivity index (χ4n) is 2.40. The summed E-state index contributed by atoms with van der Waals surface area (Å²) in [5.41, 5.74) is 0.902. The second-order valence-electron chi connectivity index (χ2n) is 5.55. The van der Waals surface area contributed by atoms with Crippen LogP contribution in [0.15, 0.2) is 42.5 Å². The first-order chi connectivity index (χ1) is 9.08. The molecule has 1 N–H and O–H groups in total. The Morgan fingerprint density at radius 3 is 2.47 bits per heavy atom. The molecule has 2 nitrogen and oxygen atoms in total. The molecule has 19 heavy (non-hydrogen) atoms. The predicted octanol–water partition coefficient (Wildman–Crippen LogP) is 4.46. The number of fused-ring (bicyclic) bond motifs is 1. The molecule has 0 unspecified atom stereocenters. The number of anilines is 1. The molecule has 0 fully saturated rings. The van der Waals surface area contributed by atoms with Gasteiger partial charge in [-0.2, -0.15) is 0 Å². The Bertz CT molecular complexity index is 569. The normalized spacial score (nSPS) is 12.6. The average Bonchev–Trinajstić information content (AvgIpc) is 2.38. The molecule has 1 amide bonds. The van der Waals surface area contributed by atoms with Crippen LogP contribution in [0.2, 0.25) is 0 Å². The summed E-state index contributed by atoms with van der Waals surface area (Å²) in [6, 6.07) is 14.1. The van der Waals surface area contributed by atoms with Gasteiger partial charge in [-0.1, -0.05) is 57.2 Å². The third kappa shape index (κ3) is 3.34. The molecule has 0 aromatic heterocycles. The lowest BCUT2D eigenvalue weighted by atomic mass is 9.98. The molecule has 0 radical (unpaired) electrons. The van der Waals surface area contributed by atoms with Crippen molar-refractivity contribution in [2.45, 2.75) is 27.2 Å². The molecule has 0 saturated carbocycles. The number of nitrogens with one attached hydrogen (secondary N) is 1. The lowest BCUT2D eigenvalue weighted by Gasteiger charge is -2.15. The molecule has 2 rings (SSSR count). The topological polar surface area (TPSA) is 29.1 Å². The highest BCUT2D eigenvalue weighted by molar-refractivity contribution is 6.02. The van der Waals surface area contributed by atoms with Gasteiger partial charge in [-0.05, 0) is 23.8 Å². The van der Waals surface area contributed by atoms with E-state index in [2.05, 4.69) is 31.3 Å². The van der Waals surface area contributed by atoms with Crippen molar-refractivity contribution in [2.24, 2.45) is 11.8 Å². The highest BCUT2D eigenvalue weighted by Gasteiger charge is 2.15. The van der Waals surface area contributed by atoms with Crippen LogP contribution in [0, 0.1) is 11.8 Å². The van der Waals surface area contributed by atoms with Crippen LogP contribution in [0.5, 0.6) is 0 Å². The maximum Gasteiger partial charge on any atom is 0.227 e. The summed E-state index contributed by atoms with van der Waals surface area (Å²) < 4.78 is 0. The van der Waals surface area contributed by atoms with Crippen molar-refractivity contribution in [1.82, 2.24) is 0 Å². The largest absolute Gasteiger partial charge is 0.325 e. The quantitative estimate of drug-likeness (QED) is 0.858. The second-order valence-corrected chi connectivity index (χ2v) is 5.55. The highest BCUT2D eigenvalue weighted by Crippen LogP contribution is 2.24. The molecule has 0 spiro atoms. The van der Waals surface area contributed by atoms with Crippen LogP contribution in [-0.4, -0.2) is 5.91 Å². The van der Waals surface area contributed by atoms with Crippen molar-refractivity contribution in [1.29, 1.82) is 0 Å². The molecular weight excluding hydrogens is 234 g/mol. The molecule has 0 aliphatic heterocycles. The van der Waals surface area contributed by atoms with Crippen molar-refractivity contribution in [3.05, 3.63) is 42.5 Å². The molecule has 0 bridgehead atoms. The van der Waals surface area contributed by atoms with Crippen molar-refractivity contribution >= 4 is 22.4 Å². The molecular formula is C17H21NO. The van der Waals surface area contributed by atoms with E-state index in [-0.39, 0.29) is 11.8 Å².